The summed E-state index contributed by atoms with van der Waals surface area (Å²) in [6.07, 6.45) is 0.940. The minimum absolute atomic E-state index is 0.00410. The molecule has 88 valence electrons. The van der Waals surface area contributed by atoms with Crippen molar-refractivity contribution in [2.75, 3.05) is 24.7 Å². The maximum atomic E-state index is 11.1. The summed E-state index contributed by atoms with van der Waals surface area (Å²) < 4.78 is 27.0. The average molecular weight is 235 g/mol. The second kappa shape index (κ2) is 5.46. The molecule has 0 saturated carbocycles. The second-order valence-electron chi connectivity index (χ2n) is 3.61. The summed E-state index contributed by atoms with van der Waals surface area (Å²) in [6, 6.07) is 0.00410. The fraction of sp³-hybridized carbons (Fsp3) is 0.889. The Morgan fingerprint density at radius 2 is 2.27 bits per heavy atom. The number of sulfone groups is 1. The van der Waals surface area contributed by atoms with E-state index in [-0.39, 0.29) is 23.5 Å². The third-order valence-corrected chi connectivity index (χ3v) is 4.07. The van der Waals surface area contributed by atoms with E-state index in [1.807, 2.05) is 0 Å². The van der Waals surface area contributed by atoms with Crippen molar-refractivity contribution in [2.45, 2.75) is 25.8 Å². The first-order chi connectivity index (χ1) is 7.03. The molecule has 1 N–H and O–H groups in total. The Hall–Kier alpha value is -0.620. The van der Waals surface area contributed by atoms with E-state index in [9.17, 15) is 13.2 Å². The van der Waals surface area contributed by atoms with Gasteiger partial charge in [-0.25, -0.2) is 8.42 Å². The Kier molecular flexibility index (Phi) is 4.53. The zero-order chi connectivity index (χ0) is 11.3. The van der Waals surface area contributed by atoms with Crippen LogP contribution in [0.3, 0.4) is 0 Å². The Morgan fingerprint density at radius 1 is 1.53 bits per heavy atom. The highest BCUT2D eigenvalue weighted by atomic mass is 32.2. The van der Waals surface area contributed by atoms with Crippen LogP contribution in [0.15, 0.2) is 0 Å². The normalized spacial score (nSPS) is 23.9. The van der Waals surface area contributed by atoms with Crippen molar-refractivity contribution in [3.8, 4) is 0 Å². The van der Waals surface area contributed by atoms with Crippen LogP contribution in [0.2, 0.25) is 0 Å². The summed E-state index contributed by atoms with van der Waals surface area (Å²) in [5.74, 6) is 0.200. The number of carbonyl (C=O) groups is 1. The number of rotatable bonds is 5. The lowest BCUT2D eigenvalue weighted by molar-refractivity contribution is -0.142. The summed E-state index contributed by atoms with van der Waals surface area (Å²) in [7, 11) is -2.84. The molecule has 1 aliphatic heterocycles. The number of esters is 1. The molecule has 0 amide bonds. The molecule has 1 aliphatic rings. The topological polar surface area (TPSA) is 72.5 Å². The second-order valence-corrected chi connectivity index (χ2v) is 5.84. The largest absolute Gasteiger partial charge is 0.466 e. The van der Waals surface area contributed by atoms with Gasteiger partial charge in [0.15, 0.2) is 9.84 Å². The first kappa shape index (κ1) is 12.4. The molecule has 5 nitrogen and oxygen atoms in total. The Labute approximate surface area is 90.1 Å². The van der Waals surface area contributed by atoms with Gasteiger partial charge in [0.25, 0.3) is 0 Å². The van der Waals surface area contributed by atoms with E-state index < -0.39 is 9.84 Å². The molecule has 1 saturated heterocycles. The molecule has 1 rings (SSSR count). The van der Waals surface area contributed by atoms with Crippen molar-refractivity contribution in [3.05, 3.63) is 0 Å². The zero-order valence-electron chi connectivity index (χ0n) is 8.86. The van der Waals surface area contributed by atoms with Gasteiger partial charge in [0.05, 0.1) is 24.5 Å². The molecule has 0 aromatic rings. The third-order valence-electron chi connectivity index (χ3n) is 2.30. The Morgan fingerprint density at radius 3 is 2.80 bits per heavy atom. The monoisotopic (exact) mass is 235 g/mol. The van der Waals surface area contributed by atoms with Gasteiger partial charge in [0, 0.05) is 12.6 Å². The highest BCUT2D eigenvalue weighted by Gasteiger charge is 2.27. The molecule has 1 heterocycles. The first-order valence-electron chi connectivity index (χ1n) is 5.13. The third kappa shape index (κ3) is 4.61. The molecule has 1 fully saturated rings. The fourth-order valence-corrected chi connectivity index (χ4v) is 3.28. The van der Waals surface area contributed by atoms with Gasteiger partial charge in [-0.1, -0.05) is 0 Å². The van der Waals surface area contributed by atoms with E-state index in [0.717, 1.165) is 0 Å². The number of hydrogen-bond donors (Lipinski definition) is 1. The molecule has 0 radical (unpaired) electrons. The van der Waals surface area contributed by atoms with Crippen LogP contribution in [0.1, 0.15) is 19.8 Å². The van der Waals surface area contributed by atoms with Gasteiger partial charge < -0.3 is 10.1 Å². The molecule has 15 heavy (non-hydrogen) atoms. The van der Waals surface area contributed by atoms with Gasteiger partial charge in [-0.15, -0.1) is 0 Å². The van der Waals surface area contributed by atoms with Gasteiger partial charge in [-0.3, -0.25) is 4.79 Å². The smallest absolute Gasteiger partial charge is 0.307 e. The van der Waals surface area contributed by atoms with E-state index >= 15 is 0 Å². The Balaban J connectivity index is 2.14. The lowest BCUT2D eigenvalue weighted by Crippen LogP contribution is -2.32. The quantitative estimate of drug-likeness (QED) is 0.663. The molecule has 0 bridgehead atoms. The maximum absolute atomic E-state index is 11.1. The van der Waals surface area contributed by atoms with Crippen LogP contribution in [0.25, 0.3) is 0 Å². The van der Waals surface area contributed by atoms with Crippen LogP contribution in [-0.2, 0) is 19.4 Å². The van der Waals surface area contributed by atoms with E-state index in [4.69, 9.17) is 4.74 Å². The van der Waals surface area contributed by atoms with E-state index in [2.05, 4.69) is 5.32 Å². The van der Waals surface area contributed by atoms with Crippen molar-refractivity contribution in [3.63, 3.8) is 0 Å². The van der Waals surface area contributed by atoms with Crippen LogP contribution >= 0.6 is 0 Å². The molecule has 0 aliphatic carbocycles. The zero-order valence-corrected chi connectivity index (χ0v) is 9.68. The van der Waals surface area contributed by atoms with Crippen LogP contribution in [0.5, 0.6) is 0 Å². The van der Waals surface area contributed by atoms with Crippen molar-refractivity contribution in [2.24, 2.45) is 0 Å². The standard InChI is InChI=1S/C9H17NO4S/c1-2-14-9(11)3-5-10-8-4-6-15(12,13)7-8/h8,10H,2-7H2,1H3. The average Bonchev–Trinajstić information content (AvgIpc) is 2.46. The first-order valence-corrected chi connectivity index (χ1v) is 6.95. The number of hydrogen-bond acceptors (Lipinski definition) is 5. The van der Waals surface area contributed by atoms with Gasteiger partial charge in [-0.2, -0.15) is 0 Å². The molecular formula is C9H17NO4S. The van der Waals surface area contributed by atoms with Gasteiger partial charge >= 0.3 is 5.97 Å². The molecule has 0 aromatic heterocycles. The van der Waals surface area contributed by atoms with Crippen molar-refractivity contribution in [1.82, 2.24) is 5.32 Å². The molecule has 1 atom stereocenters. The lowest BCUT2D eigenvalue weighted by Gasteiger charge is -2.09. The molecule has 0 spiro atoms. The van der Waals surface area contributed by atoms with E-state index in [1.165, 1.54) is 0 Å². The van der Waals surface area contributed by atoms with Crippen molar-refractivity contribution >= 4 is 15.8 Å². The molecule has 1 unspecified atom stereocenters. The summed E-state index contributed by atoms with van der Waals surface area (Å²) in [5.41, 5.74) is 0. The molecule has 6 heteroatoms. The Bertz CT molecular complexity index is 312. The predicted octanol–water partition coefficient (Wildman–Crippen LogP) is -0.284. The highest BCUT2D eigenvalue weighted by molar-refractivity contribution is 7.91. The highest BCUT2D eigenvalue weighted by Crippen LogP contribution is 2.10. The van der Waals surface area contributed by atoms with Gasteiger partial charge in [0.1, 0.15) is 0 Å². The summed E-state index contributed by atoms with van der Waals surface area (Å²) >= 11 is 0. The maximum Gasteiger partial charge on any atom is 0.307 e. The van der Waals surface area contributed by atoms with Crippen LogP contribution in [0.4, 0.5) is 0 Å². The summed E-state index contributed by atoms with van der Waals surface area (Å²) in [4.78, 5) is 11.0. The fourth-order valence-electron chi connectivity index (χ4n) is 1.57. The van der Waals surface area contributed by atoms with Crippen LogP contribution < -0.4 is 5.32 Å². The van der Waals surface area contributed by atoms with Crippen molar-refractivity contribution in [1.29, 1.82) is 0 Å². The number of ether oxygens (including phenoxy) is 1. The van der Waals surface area contributed by atoms with Crippen LogP contribution in [0, 0.1) is 0 Å². The minimum Gasteiger partial charge on any atom is -0.466 e. The van der Waals surface area contributed by atoms with Gasteiger partial charge in [-0.05, 0) is 13.3 Å². The summed E-state index contributed by atoms with van der Waals surface area (Å²) in [5, 5.41) is 3.05. The molecular weight excluding hydrogens is 218 g/mol. The van der Waals surface area contributed by atoms with E-state index in [1.54, 1.807) is 6.92 Å². The predicted molar refractivity (Wildman–Crippen MR) is 56.3 cm³/mol. The lowest BCUT2D eigenvalue weighted by atomic mass is 10.2. The number of nitrogens with one attached hydrogen (secondary N) is 1. The summed E-state index contributed by atoms with van der Waals surface area (Å²) in [6.45, 7) is 2.63. The van der Waals surface area contributed by atoms with Crippen molar-refractivity contribution < 1.29 is 17.9 Å². The minimum atomic E-state index is -2.84. The van der Waals surface area contributed by atoms with Crippen LogP contribution in [-0.4, -0.2) is 45.1 Å². The van der Waals surface area contributed by atoms with E-state index in [0.29, 0.717) is 26.0 Å². The molecule has 0 aromatic carbocycles. The SMILES string of the molecule is CCOC(=O)CCNC1CCS(=O)(=O)C1. The van der Waals surface area contributed by atoms with Gasteiger partial charge in [0.2, 0.25) is 0 Å². The number of carbonyl (C=O) groups excluding carboxylic acids is 1.